The first-order valence-corrected chi connectivity index (χ1v) is 7.22. The Hall–Kier alpha value is -0.570. The fourth-order valence-electron chi connectivity index (χ4n) is 3.30. The lowest BCUT2D eigenvalue weighted by atomic mass is 10.0. The molecule has 1 saturated carbocycles. The van der Waals surface area contributed by atoms with Crippen LogP contribution in [0.1, 0.15) is 44.9 Å². The Balaban J connectivity index is 1.66. The zero-order valence-corrected chi connectivity index (χ0v) is 11.1. The van der Waals surface area contributed by atoms with Crippen molar-refractivity contribution in [3.05, 3.63) is 0 Å². The molecule has 0 radical (unpaired) electrons. The molecule has 1 amide bonds. The van der Waals surface area contributed by atoms with Crippen LogP contribution in [-0.4, -0.2) is 37.5 Å². The summed E-state index contributed by atoms with van der Waals surface area (Å²) in [6.07, 6.45) is 8.57. The lowest BCUT2D eigenvalue weighted by molar-refractivity contribution is -0.130. The monoisotopic (exact) mass is 238 g/mol. The van der Waals surface area contributed by atoms with Crippen LogP contribution in [-0.2, 0) is 4.79 Å². The molecule has 2 aliphatic rings. The highest BCUT2D eigenvalue weighted by molar-refractivity contribution is 5.76. The number of carbonyl (C=O) groups is 1. The SMILES string of the molecule is CNCC1CCN(C(=O)CCC2CCCC2)C1. The Labute approximate surface area is 105 Å². The molecular weight excluding hydrogens is 212 g/mol. The fourth-order valence-corrected chi connectivity index (χ4v) is 3.30. The van der Waals surface area contributed by atoms with Crippen molar-refractivity contribution in [2.45, 2.75) is 44.9 Å². The summed E-state index contributed by atoms with van der Waals surface area (Å²) in [7, 11) is 1.99. The van der Waals surface area contributed by atoms with Gasteiger partial charge < -0.3 is 10.2 Å². The summed E-state index contributed by atoms with van der Waals surface area (Å²) in [5.74, 6) is 1.92. The van der Waals surface area contributed by atoms with E-state index in [-0.39, 0.29) is 0 Å². The second-order valence-corrected chi connectivity index (χ2v) is 5.74. The molecule has 98 valence electrons. The van der Waals surface area contributed by atoms with E-state index in [2.05, 4.69) is 10.2 Å². The van der Waals surface area contributed by atoms with Crippen LogP contribution in [0.3, 0.4) is 0 Å². The molecular formula is C14H26N2O. The minimum absolute atomic E-state index is 0.399. The van der Waals surface area contributed by atoms with Crippen molar-refractivity contribution in [3.63, 3.8) is 0 Å². The third-order valence-electron chi connectivity index (χ3n) is 4.37. The summed E-state index contributed by atoms with van der Waals surface area (Å²) in [5, 5.41) is 3.21. The van der Waals surface area contributed by atoms with Gasteiger partial charge in [0.25, 0.3) is 0 Å². The van der Waals surface area contributed by atoms with Gasteiger partial charge in [-0.2, -0.15) is 0 Å². The van der Waals surface area contributed by atoms with Crippen molar-refractivity contribution >= 4 is 5.91 Å². The lowest BCUT2D eigenvalue weighted by Gasteiger charge is -2.17. The molecule has 0 aromatic carbocycles. The summed E-state index contributed by atoms with van der Waals surface area (Å²) in [5.41, 5.74) is 0. The number of rotatable bonds is 5. The number of amides is 1. The van der Waals surface area contributed by atoms with Crippen molar-refractivity contribution < 1.29 is 4.79 Å². The predicted molar refractivity (Wildman–Crippen MR) is 69.8 cm³/mol. The van der Waals surface area contributed by atoms with Gasteiger partial charge in [-0.1, -0.05) is 25.7 Å². The number of nitrogens with zero attached hydrogens (tertiary/aromatic N) is 1. The molecule has 0 aromatic heterocycles. The van der Waals surface area contributed by atoms with Crippen LogP contribution in [0.4, 0.5) is 0 Å². The van der Waals surface area contributed by atoms with E-state index in [1.165, 1.54) is 32.1 Å². The predicted octanol–water partition coefficient (Wildman–Crippen LogP) is 2.02. The first-order valence-electron chi connectivity index (χ1n) is 7.22. The fraction of sp³-hybridized carbons (Fsp3) is 0.929. The van der Waals surface area contributed by atoms with Crippen LogP contribution in [0.5, 0.6) is 0 Å². The number of nitrogens with one attached hydrogen (secondary N) is 1. The van der Waals surface area contributed by atoms with Crippen molar-refractivity contribution in [2.24, 2.45) is 11.8 Å². The average molecular weight is 238 g/mol. The molecule has 0 bridgehead atoms. The Morgan fingerprint density at radius 2 is 2.00 bits per heavy atom. The van der Waals surface area contributed by atoms with Crippen LogP contribution >= 0.6 is 0 Å². The van der Waals surface area contributed by atoms with Crippen molar-refractivity contribution in [1.29, 1.82) is 0 Å². The molecule has 17 heavy (non-hydrogen) atoms. The van der Waals surface area contributed by atoms with Gasteiger partial charge in [0.05, 0.1) is 0 Å². The molecule has 0 spiro atoms. The topological polar surface area (TPSA) is 32.3 Å². The Morgan fingerprint density at radius 1 is 1.24 bits per heavy atom. The summed E-state index contributed by atoms with van der Waals surface area (Å²) in [6.45, 7) is 3.01. The van der Waals surface area contributed by atoms with E-state index in [0.29, 0.717) is 11.8 Å². The number of carbonyl (C=O) groups excluding carboxylic acids is 1. The minimum Gasteiger partial charge on any atom is -0.342 e. The molecule has 1 unspecified atom stereocenters. The van der Waals surface area contributed by atoms with Crippen LogP contribution in [0.2, 0.25) is 0 Å². The van der Waals surface area contributed by atoms with Crippen LogP contribution in [0.25, 0.3) is 0 Å². The highest BCUT2D eigenvalue weighted by atomic mass is 16.2. The molecule has 1 heterocycles. The molecule has 0 aromatic rings. The third kappa shape index (κ3) is 3.70. The molecule has 2 fully saturated rings. The molecule has 1 saturated heterocycles. The summed E-state index contributed by atoms with van der Waals surface area (Å²) in [4.78, 5) is 14.1. The standard InChI is InChI=1S/C14H26N2O/c1-15-10-13-8-9-16(11-13)14(17)7-6-12-4-2-3-5-12/h12-13,15H,2-11H2,1H3. The van der Waals surface area contributed by atoms with Gasteiger partial charge >= 0.3 is 0 Å². The smallest absolute Gasteiger partial charge is 0.222 e. The van der Waals surface area contributed by atoms with Crippen molar-refractivity contribution in [3.8, 4) is 0 Å². The van der Waals surface area contributed by atoms with Gasteiger partial charge in [-0.25, -0.2) is 0 Å². The van der Waals surface area contributed by atoms with Crippen molar-refractivity contribution in [1.82, 2.24) is 10.2 Å². The van der Waals surface area contributed by atoms with E-state index in [0.717, 1.165) is 38.4 Å². The summed E-state index contributed by atoms with van der Waals surface area (Å²) < 4.78 is 0. The number of hydrogen-bond donors (Lipinski definition) is 1. The van der Waals surface area contributed by atoms with Gasteiger partial charge in [0.2, 0.25) is 5.91 Å². The Morgan fingerprint density at radius 3 is 2.71 bits per heavy atom. The van der Waals surface area contributed by atoms with Gasteiger partial charge in [0.1, 0.15) is 0 Å². The number of hydrogen-bond acceptors (Lipinski definition) is 2. The molecule has 1 N–H and O–H groups in total. The normalized spacial score (nSPS) is 25.7. The summed E-state index contributed by atoms with van der Waals surface area (Å²) >= 11 is 0. The maximum absolute atomic E-state index is 12.1. The second kappa shape index (κ2) is 6.39. The van der Waals surface area contributed by atoms with Gasteiger partial charge in [-0.3, -0.25) is 4.79 Å². The maximum atomic E-state index is 12.1. The Bertz CT molecular complexity index is 249. The van der Waals surface area contributed by atoms with Gasteiger partial charge in [-0.05, 0) is 38.3 Å². The van der Waals surface area contributed by atoms with E-state index in [9.17, 15) is 4.79 Å². The zero-order chi connectivity index (χ0) is 12.1. The van der Waals surface area contributed by atoms with Gasteiger partial charge in [-0.15, -0.1) is 0 Å². The highest BCUT2D eigenvalue weighted by Crippen LogP contribution is 2.29. The maximum Gasteiger partial charge on any atom is 0.222 e. The number of likely N-dealkylation sites (tertiary alicyclic amines) is 1. The Kier molecular flexibility index (Phi) is 4.84. The third-order valence-corrected chi connectivity index (χ3v) is 4.37. The highest BCUT2D eigenvalue weighted by Gasteiger charge is 2.26. The molecule has 1 aliphatic carbocycles. The zero-order valence-electron chi connectivity index (χ0n) is 11.1. The minimum atomic E-state index is 0.399. The van der Waals surface area contributed by atoms with Crippen LogP contribution in [0.15, 0.2) is 0 Å². The first-order chi connectivity index (χ1) is 8.29. The summed E-state index contributed by atoms with van der Waals surface area (Å²) in [6, 6.07) is 0. The molecule has 1 atom stereocenters. The largest absolute Gasteiger partial charge is 0.342 e. The van der Waals surface area contributed by atoms with Gasteiger partial charge in [0.15, 0.2) is 0 Å². The lowest BCUT2D eigenvalue weighted by Crippen LogP contribution is -2.30. The average Bonchev–Trinajstić information content (AvgIpc) is 2.97. The molecule has 2 rings (SSSR count). The van der Waals surface area contributed by atoms with Crippen molar-refractivity contribution in [2.75, 3.05) is 26.7 Å². The van der Waals surface area contributed by atoms with E-state index < -0.39 is 0 Å². The van der Waals surface area contributed by atoms with E-state index >= 15 is 0 Å². The quantitative estimate of drug-likeness (QED) is 0.795. The van der Waals surface area contributed by atoms with E-state index in [1.807, 2.05) is 7.05 Å². The molecule has 1 aliphatic heterocycles. The van der Waals surface area contributed by atoms with Crippen LogP contribution < -0.4 is 5.32 Å². The molecule has 3 heteroatoms. The first kappa shape index (κ1) is 12.9. The van der Waals surface area contributed by atoms with Crippen LogP contribution in [0, 0.1) is 11.8 Å². The van der Waals surface area contributed by atoms with E-state index in [1.54, 1.807) is 0 Å². The van der Waals surface area contributed by atoms with Gasteiger partial charge in [0, 0.05) is 19.5 Å². The second-order valence-electron chi connectivity index (χ2n) is 5.74. The molecule has 3 nitrogen and oxygen atoms in total. The van der Waals surface area contributed by atoms with E-state index in [4.69, 9.17) is 0 Å².